The highest BCUT2D eigenvalue weighted by molar-refractivity contribution is 5.98. The minimum absolute atomic E-state index is 0.0128. The van der Waals surface area contributed by atoms with Crippen molar-refractivity contribution in [2.24, 2.45) is 11.5 Å². The number of rotatable bonds is 29. The van der Waals surface area contributed by atoms with Crippen LogP contribution in [0.15, 0.2) is 0 Å². The maximum absolute atomic E-state index is 13.9. The zero-order valence-corrected chi connectivity index (χ0v) is 41.3. The summed E-state index contributed by atoms with van der Waals surface area (Å²) < 4.78 is 17.3. The van der Waals surface area contributed by atoms with Crippen LogP contribution in [0.4, 0.5) is 0 Å². The van der Waals surface area contributed by atoms with Crippen LogP contribution in [0.3, 0.4) is 0 Å². The molecule has 32 nitrogen and oxygen atoms in total. The molecule has 2 saturated heterocycles. The van der Waals surface area contributed by atoms with Crippen LogP contribution >= 0.6 is 0 Å². The van der Waals surface area contributed by atoms with Crippen LogP contribution in [0.1, 0.15) is 73.1 Å². The first-order valence-corrected chi connectivity index (χ1v) is 23.4. The highest BCUT2D eigenvalue weighted by atomic mass is 16.7. The molecule has 2 fully saturated rings. The predicted molar refractivity (Wildman–Crippen MR) is 247 cm³/mol. The van der Waals surface area contributed by atoms with Crippen molar-refractivity contribution in [3.05, 3.63) is 0 Å². The average molecular weight is 1070 g/mol. The van der Waals surface area contributed by atoms with Crippen molar-refractivity contribution in [2.75, 3.05) is 26.4 Å². The van der Waals surface area contributed by atoms with E-state index in [1.807, 2.05) is 0 Å². The van der Waals surface area contributed by atoms with Gasteiger partial charge in [0.1, 0.15) is 85.0 Å². The van der Waals surface area contributed by atoms with E-state index in [0.717, 1.165) is 27.7 Å². The van der Waals surface area contributed by atoms with E-state index >= 15 is 0 Å². The third kappa shape index (κ3) is 19.9. The number of nitrogens with two attached hydrogens (primary N) is 2. The fourth-order valence-electron chi connectivity index (χ4n) is 7.49. The summed E-state index contributed by atoms with van der Waals surface area (Å²) in [5.74, 6) is -11.3. The molecule has 0 aliphatic carbocycles. The maximum atomic E-state index is 13.9. The Morgan fingerprint density at radius 3 is 1.65 bits per heavy atom. The van der Waals surface area contributed by atoms with Crippen LogP contribution in [0.5, 0.6) is 0 Å². The summed E-state index contributed by atoms with van der Waals surface area (Å²) >= 11 is 0. The summed E-state index contributed by atoms with van der Waals surface area (Å²) in [5, 5.41) is 92.9. The average Bonchev–Trinajstić information content (AvgIpc) is 3.32. The molecule has 20 N–H and O–H groups in total. The first-order valence-electron chi connectivity index (χ1n) is 23.4. The smallest absolute Gasteiger partial charge is 0.303 e. The minimum atomic E-state index is -2.01. The van der Waals surface area contributed by atoms with E-state index in [2.05, 4.69) is 47.9 Å². The lowest BCUT2D eigenvalue weighted by Crippen LogP contribution is -2.71. The van der Waals surface area contributed by atoms with E-state index in [-0.39, 0.29) is 13.0 Å². The van der Waals surface area contributed by atoms with E-state index in [9.17, 15) is 88.5 Å². The number of unbranched alkanes of at least 4 members (excludes halogenated alkanes) is 1. The van der Waals surface area contributed by atoms with Gasteiger partial charge in [-0.3, -0.25) is 52.7 Å². The van der Waals surface area contributed by atoms with Gasteiger partial charge in [-0.25, -0.2) is 0 Å². The molecule has 0 saturated carbocycles. The van der Waals surface area contributed by atoms with Gasteiger partial charge in [0, 0.05) is 27.2 Å². The van der Waals surface area contributed by atoms with E-state index in [0.29, 0.717) is 12.8 Å². The monoisotopic (exact) mass is 1070 g/mol. The number of aliphatic carboxylic acids is 1. The van der Waals surface area contributed by atoms with Gasteiger partial charge in [-0.15, -0.1) is 0 Å². The molecule has 16 atom stereocenters. The Morgan fingerprint density at radius 2 is 1.11 bits per heavy atom. The Labute approximate surface area is 423 Å². The van der Waals surface area contributed by atoms with Gasteiger partial charge in [0.25, 0.3) is 0 Å². The summed E-state index contributed by atoms with van der Waals surface area (Å²) in [6, 6.07) is -12.7. The molecule has 32 heteroatoms. The highest BCUT2D eigenvalue weighted by Gasteiger charge is 2.52. The Balaban J connectivity index is 2.43. The molecular weight excluding hydrogens is 995 g/mol. The summed E-state index contributed by atoms with van der Waals surface area (Å²) in [4.78, 5) is 140. The summed E-state index contributed by atoms with van der Waals surface area (Å²) in [5.41, 5.74) is 10.8. The van der Waals surface area contributed by atoms with Gasteiger partial charge in [-0.05, 0) is 46.1 Å². The quantitative estimate of drug-likeness (QED) is 0.0309. The summed E-state index contributed by atoms with van der Waals surface area (Å²) in [7, 11) is 0. The maximum Gasteiger partial charge on any atom is 0.303 e. The van der Waals surface area contributed by atoms with Gasteiger partial charge in [0.15, 0.2) is 12.5 Å². The molecule has 2 rings (SSSR count). The number of primary amides is 1. The number of nitrogens with one attached hydrogen (secondary N) is 9. The van der Waals surface area contributed by atoms with E-state index in [1.165, 1.54) is 6.92 Å². The van der Waals surface area contributed by atoms with E-state index < -0.39 is 202 Å². The molecule has 0 spiro atoms. The number of aliphatic hydroxyl groups excluding tert-OH is 6. The van der Waals surface area contributed by atoms with Gasteiger partial charge < -0.3 is 109 Å². The lowest BCUT2D eigenvalue weighted by Gasteiger charge is -2.48. The molecule has 2 heterocycles. The molecule has 10 amide bonds. The molecule has 2 aliphatic heterocycles. The van der Waals surface area contributed by atoms with Crippen LogP contribution < -0.4 is 59.3 Å². The molecule has 420 valence electrons. The molecule has 74 heavy (non-hydrogen) atoms. The van der Waals surface area contributed by atoms with Crippen LogP contribution in [0.2, 0.25) is 0 Å². The third-order valence-corrected chi connectivity index (χ3v) is 11.4. The lowest BCUT2D eigenvalue weighted by atomic mass is 9.94. The second-order valence-corrected chi connectivity index (χ2v) is 17.5. The molecule has 2 aliphatic rings. The fourth-order valence-corrected chi connectivity index (χ4v) is 7.49. The number of carbonyl (C=O) groups is 11. The van der Waals surface area contributed by atoms with Crippen molar-refractivity contribution in [3.63, 3.8) is 0 Å². The molecule has 0 radical (unpaired) electrons. The number of carboxylic acid groups (broad SMARTS) is 1. The van der Waals surface area contributed by atoms with Crippen LogP contribution in [-0.2, 0) is 67.0 Å². The SMILES string of the molecule is CC(=O)N[C@@H]1[C@@H](O)[C@H](O[C@@H]2O[C@H](CO)[C@@H](O)[C@H](O)[C@H]2NC(C)=O)[C@@H](CO)O[C@H]1NC(=O)C[C@H](NC(=O)[C@H](CCC(=O)O)NC(C)=O)C(=O)N[C@@H](C)C(=O)N[C@@H](CO)C(=O)N[C@@H](CCCCN)C(=O)N[C@@H](C)C(N)=O. The predicted octanol–water partition coefficient (Wildman–Crippen LogP) is -10.2. The Kier molecular flexibility index (Phi) is 26.6. The fraction of sp³-hybridized carbons (Fsp3) is 0.738. The summed E-state index contributed by atoms with van der Waals surface area (Å²) in [6.45, 7) is 2.81. The largest absolute Gasteiger partial charge is 0.481 e. The van der Waals surface area contributed by atoms with Gasteiger partial charge in [-0.2, -0.15) is 0 Å². The number of hydrogen-bond donors (Lipinski definition) is 18. The van der Waals surface area contributed by atoms with Gasteiger partial charge in [-0.1, -0.05) is 0 Å². The van der Waals surface area contributed by atoms with Crippen molar-refractivity contribution >= 4 is 65.0 Å². The zero-order chi connectivity index (χ0) is 56.1. The van der Waals surface area contributed by atoms with E-state index in [1.54, 1.807) is 0 Å². The van der Waals surface area contributed by atoms with Crippen molar-refractivity contribution < 1.29 is 103 Å². The number of hydrogen-bond acceptors (Lipinski definition) is 21. The standard InChI is InChI=1S/C42H71N11O21/c1-16(35(44)66)45-37(68)21(8-6-7-11-43)50-40(71)24(13-54)52-36(67)17(2)46-39(70)23(51-38(69)22(47-18(3)57)9-10-28(61)62)12-27(60)53-41-29(48-19(4)58)33(65)34(26(15-56)72-41)74-42-30(49-20(5)59)32(64)31(63)25(14-55)73-42/h16-17,21-26,29-34,41-42,54-56,63-65H,6-15,43H2,1-5H3,(H2,44,66)(H,45,68)(H,46,70)(H,47,57)(H,48,58)(H,49,59)(H,50,71)(H,51,69)(H,52,67)(H,53,60)(H,61,62)/t16-,17-,21-,22-,23-,24-,25+,26+,29+,30+,31+,32+,33+,34+,41+,42-/m0/s1. The molecule has 0 unspecified atom stereocenters. The number of carboxylic acids is 1. The Hall–Kier alpha value is -6.23. The normalized spacial score (nSPS) is 25.9. The molecule has 0 bridgehead atoms. The van der Waals surface area contributed by atoms with Crippen LogP contribution in [0, 0.1) is 0 Å². The summed E-state index contributed by atoms with van der Waals surface area (Å²) in [6.07, 6.45) is -15.4. The first kappa shape index (κ1) is 63.9. The van der Waals surface area contributed by atoms with E-state index in [4.69, 9.17) is 25.7 Å². The minimum Gasteiger partial charge on any atom is -0.481 e. The molecule has 0 aromatic carbocycles. The van der Waals surface area contributed by atoms with Crippen LogP contribution in [0.25, 0.3) is 0 Å². The van der Waals surface area contributed by atoms with Gasteiger partial charge >= 0.3 is 5.97 Å². The van der Waals surface area contributed by atoms with Crippen molar-refractivity contribution in [1.82, 2.24) is 47.9 Å². The van der Waals surface area contributed by atoms with Crippen LogP contribution in [-0.4, -0.2) is 225 Å². The number of carbonyl (C=O) groups excluding carboxylic acids is 10. The molecular formula is C42H71N11O21. The third-order valence-electron chi connectivity index (χ3n) is 11.4. The van der Waals surface area contributed by atoms with Crippen molar-refractivity contribution in [2.45, 2.75) is 171 Å². The Morgan fingerprint density at radius 1 is 0.581 bits per heavy atom. The molecule has 0 aromatic rings. The first-order chi connectivity index (χ1) is 34.7. The zero-order valence-electron chi connectivity index (χ0n) is 41.3. The second-order valence-electron chi connectivity index (χ2n) is 17.5. The Bertz CT molecular complexity index is 1990. The highest BCUT2D eigenvalue weighted by Crippen LogP contribution is 2.29. The van der Waals surface area contributed by atoms with Gasteiger partial charge in [0.05, 0.1) is 26.2 Å². The number of amides is 10. The number of aliphatic hydroxyl groups is 6. The van der Waals surface area contributed by atoms with Crippen molar-refractivity contribution in [3.8, 4) is 0 Å². The van der Waals surface area contributed by atoms with Gasteiger partial charge in [0.2, 0.25) is 59.1 Å². The lowest BCUT2D eigenvalue weighted by molar-refractivity contribution is -0.315. The molecule has 0 aromatic heterocycles. The second kappa shape index (κ2) is 30.8. The van der Waals surface area contributed by atoms with Crippen molar-refractivity contribution in [1.29, 1.82) is 0 Å². The number of ether oxygens (including phenoxy) is 3. The topological polar surface area (TPSA) is 517 Å².